The Hall–Kier alpha value is -2.13. The van der Waals surface area contributed by atoms with Crippen LogP contribution in [0.15, 0.2) is 54.7 Å². The fraction of sp³-hybridized carbons (Fsp3) is 0.500. The summed E-state index contributed by atoms with van der Waals surface area (Å²) in [4.78, 5) is 5.90. The van der Waals surface area contributed by atoms with Crippen molar-refractivity contribution < 1.29 is 4.74 Å². The zero-order valence-electron chi connectivity index (χ0n) is 20.8. The van der Waals surface area contributed by atoms with Gasteiger partial charge in [-0.1, -0.05) is 90.0 Å². The standard InChI is InChI=1S/C30H41NOS/c1-4-6-7-10-13-25-14-16-26(17-15-25)29-23-31-30(33-29)27-18-20-28(21-19-27)32-22-11-8-9-12-24(3)5-2/h14-21,23-24H,4-13,22H2,1-3H3. The number of rotatable bonds is 15. The summed E-state index contributed by atoms with van der Waals surface area (Å²) in [5, 5.41) is 1.06. The molecule has 2 nitrogen and oxygen atoms in total. The van der Waals surface area contributed by atoms with Gasteiger partial charge in [0.15, 0.2) is 0 Å². The molecule has 0 saturated heterocycles. The van der Waals surface area contributed by atoms with E-state index in [0.717, 1.165) is 35.3 Å². The first-order chi connectivity index (χ1) is 16.2. The highest BCUT2D eigenvalue weighted by atomic mass is 32.1. The van der Waals surface area contributed by atoms with Crippen LogP contribution in [0, 0.1) is 5.92 Å². The summed E-state index contributed by atoms with van der Waals surface area (Å²) < 4.78 is 5.94. The number of ether oxygens (including phenoxy) is 1. The van der Waals surface area contributed by atoms with Gasteiger partial charge in [0.1, 0.15) is 10.8 Å². The van der Waals surface area contributed by atoms with Crippen molar-refractivity contribution in [2.45, 2.75) is 85.0 Å². The first kappa shape index (κ1) is 25.5. The molecule has 0 aliphatic rings. The van der Waals surface area contributed by atoms with E-state index in [0.29, 0.717) is 0 Å². The maximum absolute atomic E-state index is 5.94. The number of benzene rings is 2. The van der Waals surface area contributed by atoms with Crippen LogP contribution in [0.1, 0.15) is 84.1 Å². The molecule has 1 heterocycles. The largest absolute Gasteiger partial charge is 0.494 e. The van der Waals surface area contributed by atoms with E-state index in [1.165, 1.54) is 73.8 Å². The molecule has 0 fully saturated rings. The number of thiazole rings is 1. The molecule has 0 amide bonds. The molecule has 178 valence electrons. The minimum Gasteiger partial charge on any atom is -0.494 e. The van der Waals surface area contributed by atoms with Crippen LogP contribution in [0.4, 0.5) is 0 Å². The van der Waals surface area contributed by atoms with E-state index in [9.17, 15) is 0 Å². The Morgan fingerprint density at radius 3 is 2.27 bits per heavy atom. The van der Waals surface area contributed by atoms with Gasteiger partial charge in [-0.05, 0) is 60.6 Å². The first-order valence-electron chi connectivity index (χ1n) is 13.0. The van der Waals surface area contributed by atoms with Gasteiger partial charge in [-0.25, -0.2) is 4.98 Å². The van der Waals surface area contributed by atoms with Crippen LogP contribution in [-0.2, 0) is 6.42 Å². The van der Waals surface area contributed by atoms with Gasteiger partial charge in [0.2, 0.25) is 0 Å². The van der Waals surface area contributed by atoms with Crippen molar-refractivity contribution in [3.8, 4) is 26.8 Å². The molecule has 0 spiro atoms. The minimum absolute atomic E-state index is 0.801. The number of aromatic nitrogens is 1. The molecule has 1 aromatic heterocycles. The van der Waals surface area contributed by atoms with Gasteiger partial charge in [0, 0.05) is 11.8 Å². The molecule has 0 aliphatic carbocycles. The van der Waals surface area contributed by atoms with E-state index < -0.39 is 0 Å². The molecule has 3 rings (SSSR count). The average Bonchev–Trinajstić information content (AvgIpc) is 3.35. The highest BCUT2D eigenvalue weighted by Gasteiger charge is 2.08. The van der Waals surface area contributed by atoms with Crippen LogP contribution in [0.3, 0.4) is 0 Å². The Kier molecular flexibility index (Phi) is 11.0. The Bertz CT molecular complexity index is 913. The Morgan fingerprint density at radius 1 is 0.818 bits per heavy atom. The maximum atomic E-state index is 5.94. The van der Waals surface area contributed by atoms with Crippen molar-refractivity contribution >= 4 is 11.3 Å². The minimum atomic E-state index is 0.801. The number of hydrogen-bond donors (Lipinski definition) is 0. The lowest BCUT2D eigenvalue weighted by molar-refractivity contribution is 0.302. The van der Waals surface area contributed by atoms with Gasteiger partial charge in [-0.2, -0.15) is 0 Å². The maximum Gasteiger partial charge on any atom is 0.123 e. The molecule has 0 bridgehead atoms. The second-order valence-corrected chi connectivity index (χ2v) is 10.3. The Labute approximate surface area is 205 Å². The zero-order valence-corrected chi connectivity index (χ0v) is 21.6. The van der Waals surface area contributed by atoms with E-state index in [1.54, 1.807) is 11.3 Å². The highest BCUT2D eigenvalue weighted by Crippen LogP contribution is 2.33. The third-order valence-electron chi connectivity index (χ3n) is 6.47. The first-order valence-corrected chi connectivity index (χ1v) is 13.8. The smallest absolute Gasteiger partial charge is 0.123 e. The van der Waals surface area contributed by atoms with Crippen LogP contribution < -0.4 is 4.74 Å². The quantitative estimate of drug-likeness (QED) is 0.209. The number of aryl methyl sites for hydroxylation is 1. The molecule has 2 aromatic carbocycles. The van der Waals surface area contributed by atoms with Gasteiger partial charge >= 0.3 is 0 Å². The van der Waals surface area contributed by atoms with E-state index in [1.807, 2.05) is 6.20 Å². The predicted molar refractivity (Wildman–Crippen MR) is 144 cm³/mol. The monoisotopic (exact) mass is 463 g/mol. The molecule has 1 unspecified atom stereocenters. The highest BCUT2D eigenvalue weighted by molar-refractivity contribution is 7.18. The predicted octanol–water partition coefficient (Wildman–Crippen LogP) is 9.59. The van der Waals surface area contributed by atoms with Crippen molar-refractivity contribution in [2.75, 3.05) is 6.61 Å². The van der Waals surface area contributed by atoms with Crippen LogP contribution in [0.2, 0.25) is 0 Å². The third kappa shape index (κ3) is 8.62. The summed E-state index contributed by atoms with van der Waals surface area (Å²) in [6.45, 7) is 7.68. The fourth-order valence-corrected chi connectivity index (χ4v) is 4.92. The van der Waals surface area contributed by atoms with Gasteiger partial charge in [0.05, 0.1) is 11.5 Å². The Morgan fingerprint density at radius 2 is 1.55 bits per heavy atom. The van der Waals surface area contributed by atoms with Crippen molar-refractivity contribution in [3.63, 3.8) is 0 Å². The van der Waals surface area contributed by atoms with E-state index in [4.69, 9.17) is 4.74 Å². The van der Waals surface area contributed by atoms with E-state index in [2.05, 4.69) is 74.3 Å². The van der Waals surface area contributed by atoms with E-state index in [-0.39, 0.29) is 0 Å². The molecule has 0 saturated carbocycles. The number of unbranched alkanes of at least 4 members (excludes halogenated alkanes) is 5. The summed E-state index contributed by atoms with van der Waals surface area (Å²) in [6.07, 6.45) is 14.8. The van der Waals surface area contributed by atoms with Gasteiger partial charge in [-0.15, -0.1) is 11.3 Å². The van der Waals surface area contributed by atoms with Crippen LogP contribution in [-0.4, -0.2) is 11.6 Å². The lowest BCUT2D eigenvalue weighted by Gasteiger charge is -2.09. The summed E-state index contributed by atoms with van der Waals surface area (Å²) in [6, 6.07) is 17.4. The second-order valence-electron chi connectivity index (χ2n) is 9.27. The van der Waals surface area contributed by atoms with Gasteiger partial charge in [-0.3, -0.25) is 0 Å². The fourth-order valence-electron chi connectivity index (χ4n) is 3.99. The molecule has 3 aromatic rings. The molecular formula is C30H41NOS. The van der Waals surface area contributed by atoms with Gasteiger partial charge in [0.25, 0.3) is 0 Å². The van der Waals surface area contributed by atoms with Gasteiger partial charge < -0.3 is 4.74 Å². The molecule has 1 atom stereocenters. The third-order valence-corrected chi connectivity index (χ3v) is 7.57. The summed E-state index contributed by atoms with van der Waals surface area (Å²) >= 11 is 1.75. The molecule has 0 N–H and O–H groups in total. The number of hydrogen-bond acceptors (Lipinski definition) is 3. The Balaban J connectivity index is 1.46. The topological polar surface area (TPSA) is 22.1 Å². The average molecular weight is 464 g/mol. The number of nitrogens with zero attached hydrogens (tertiary/aromatic N) is 1. The molecule has 0 radical (unpaired) electrons. The van der Waals surface area contributed by atoms with Crippen LogP contribution in [0.5, 0.6) is 5.75 Å². The van der Waals surface area contributed by atoms with E-state index >= 15 is 0 Å². The van der Waals surface area contributed by atoms with Crippen molar-refractivity contribution in [3.05, 3.63) is 60.3 Å². The summed E-state index contributed by atoms with van der Waals surface area (Å²) in [7, 11) is 0. The molecule has 3 heteroatoms. The molecular weight excluding hydrogens is 422 g/mol. The normalized spacial score (nSPS) is 12.1. The van der Waals surface area contributed by atoms with Crippen molar-refractivity contribution in [2.24, 2.45) is 5.92 Å². The van der Waals surface area contributed by atoms with Crippen molar-refractivity contribution in [1.29, 1.82) is 0 Å². The summed E-state index contributed by atoms with van der Waals surface area (Å²) in [5.74, 6) is 1.80. The van der Waals surface area contributed by atoms with Crippen LogP contribution in [0.25, 0.3) is 21.0 Å². The zero-order chi connectivity index (χ0) is 23.3. The SMILES string of the molecule is CCCCCCc1ccc(-c2cnc(-c3ccc(OCCCCCC(C)CC)cc3)s2)cc1. The molecule has 33 heavy (non-hydrogen) atoms. The summed E-state index contributed by atoms with van der Waals surface area (Å²) in [5.41, 5.74) is 3.84. The van der Waals surface area contributed by atoms with Crippen LogP contribution >= 0.6 is 11.3 Å². The lowest BCUT2D eigenvalue weighted by Crippen LogP contribution is -1.98. The lowest BCUT2D eigenvalue weighted by atomic mass is 10.0. The second kappa shape index (κ2) is 14.2. The van der Waals surface area contributed by atoms with Crippen molar-refractivity contribution in [1.82, 2.24) is 4.98 Å². The molecule has 0 aliphatic heterocycles.